The number of para-hydroxylation sites is 2. The lowest BCUT2D eigenvalue weighted by Crippen LogP contribution is -2.13. The van der Waals surface area contributed by atoms with Gasteiger partial charge in [0.05, 0.1) is 26.6 Å². The first-order chi connectivity index (χ1) is 18.4. The summed E-state index contributed by atoms with van der Waals surface area (Å²) in [5.74, 6) is 0. The summed E-state index contributed by atoms with van der Waals surface area (Å²) in [4.78, 5) is 11.8. The van der Waals surface area contributed by atoms with E-state index in [0.717, 1.165) is 16.6 Å². The Bertz CT molecular complexity index is 1700. The third kappa shape index (κ3) is 5.45. The van der Waals surface area contributed by atoms with Crippen LogP contribution in [0.4, 0.5) is 17.1 Å². The number of hydrazone groups is 1. The lowest BCUT2D eigenvalue weighted by atomic mass is 10.2. The van der Waals surface area contributed by atoms with E-state index in [2.05, 4.69) is 15.2 Å². The summed E-state index contributed by atoms with van der Waals surface area (Å²) >= 11 is 1.53. The van der Waals surface area contributed by atoms with Crippen LogP contribution in [0.25, 0.3) is 16.3 Å². The number of benzene rings is 3. The van der Waals surface area contributed by atoms with Gasteiger partial charge in [-0.2, -0.15) is 10.2 Å². The quantitative estimate of drug-likeness (QED) is 0.138. The van der Waals surface area contributed by atoms with Crippen molar-refractivity contribution in [1.82, 2.24) is 9.78 Å². The van der Waals surface area contributed by atoms with Crippen LogP contribution in [-0.2, 0) is 10.0 Å². The second-order valence-corrected chi connectivity index (χ2v) is 10.6. The van der Waals surface area contributed by atoms with E-state index in [4.69, 9.17) is 5.10 Å². The topological polar surface area (TPSA) is 132 Å². The SMILES string of the molecule is O=[N+]([O-])c1cc(S(=O)(=O)Nc2ccccc2)ccc1NN=Cc1cn(-c2ccccc2)nc1-c1cccs1. The molecule has 0 atom stereocenters. The van der Waals surface area contributed by atoms with Crippen molar-refractivity contribution in [3.63, 3.8) is 0 Å². The van der Waals surface area contributed by atoms with E-state index in [1.165, 1.54) is 29.7 Å². The minimum absolute atomic E-state index is 0.0398. The molecular weight excluding hydrogens is 524 g/mol. The molecule has 3 aromatic carbocycles. The maximum atomic E-state index is 12.8. The number of hydrogen-bond acceptors (Lipinski definition) is 8. The average molecular weight is 545 g/mol. The van der Waals surface area contributed by atoms with Crippen LogP contribution in [0.3, 0.4) is 0 Å². The van der Waals surface area contributed by atoms with E-state index in [1.54, 1.807) is 35.0 Å². The second-order valence-electron chi connectivity index (χ2n) is 7.97. The third-order valence-corrected chi connectivity index (χ3v) is 7.66. The maximum absolute atomic E-state index is 12.8. The zero-order valence-electron chi connectivity index (χ0n) is 19.6. The van der Waals surface area contributed by atoms with Gasteiger partial charge in [-0.1, -0.05) is 42.5 Å². The number of nitrogens with zero attached hydrogens (tertiary/aromatic N) is 4. The summed E-state index contributed by atoms with van der Waals surface area (Å²) in [6.07, 6.45) is 3.34. The highest BCUT2D eigenvalue weighted by Crippen LogP contribution is 2.30. The average Bonchev–Trinajstić information content (AvgIpc) is 3.60. The number of nitrogens with one attached hydrogen (secondary N) is 2. The normalized spacial score (nSPS) is 11.5. The van der Waals surface area contributed by atoms with Crippen molar-refractivity contribution in [2.75, 3.05) is 10.1 Å². The van der Waals surface area contributed by atoms with Crippen molar-refractivity contribution < 1.29 is 13.3 Å². The Kier molecular flexibility index (Phi) is 6.98. The highest BCUT2D eigenvalue weighted by Gasteiger charge is 2.22. The number of nitro groups is 1. The van der Waals surface area contributed by atoms with Gasteiger partial charge in [-0.25, -0.2) is 13.1 Å². The number of hydrogen-bond donors (Lipinski definition) is 2. The van der Waals surface area contributed by atoms with Crippen molar-refractivity contribution in [3.05, 3.63) is 118 Å². The van der Waals surface area contributed by atoms with Crippen LogP contribution >= 0.6 is 11.3 Å². The molecule has 5 aromatic rings. The van der Waals surface area contributed by atoms with E-state index in [9.17, 15) is 18.5 Å². The van der Waals surface area contributed by atoms with Gasteiger partial charge in [0.2, 0.25) is 0 Å². The summed E-state index contributed by atoms with van der Waals surface area (Å²) in [6, 6.07) is 25.3. The van der Waals surface area contributed by atoms with E-state index in [1.807, 2.05) is 54.0 Å². The van der Waals surface area contributed by atoms with Crippen LogP contribution in [0.15, 0.2) is 113 Å². The zero-order valence-corrected chi connectivity index (χ0v) is 21.3. The summed E-state index contributed by atoms with van der Waals surface area (Å²) < 4.78 is 29.7. The first-order valence-electron chi connectivity index (χ1n) is 11.2. The summed E-state index contributed by atoms with van der Waals surface area (Å²) in [6.45, 7) is 0. The highest BCUT2D eigenvalue weighted by molar-refractivity contribution is 7.92. The molecule has 2 N–H and O–H groups in total. The predicted octanol–water partition coefficient (Wildman–Crippen LogP) is 5.76. The van der Waals surface area contributed by atoms with Crippen LogP contribution in [0.2, 0.25) is 0 Å². The second kappa shape index (κ2) is 10.7. The van der Waals surface area contributed by atoms with E-state index < -0.39 is 20.6 Å². The molecule has 2 aromatic heterocycles. The number of sulfonamides is 1. The minimum Gasteiger partial charge on any atom is -0.280 e. The van der Waals surface area contributed by atoms with Gasteiger partial charge in [0.15, 0.2) is 0 Å². The van der Waals surface area contributed by atoms with Gasteiger partial charge in [0.1, 0.15) is 11.4 Å². The molecular formula is C26H20N6O4S2. The molecule has 0 saturated carbocycles. The van der Waals surface area contributed by atoms with Crippen LogP contribution in [0, 0.1) is 10.1 Å². The van der Waals surface area contributed by atoms with Gasteiger partial charge >= 0.3 is 0 Å². The third-order valence-electron chi connectivity index (χ3n) is 5.41. The van der Waals surface area contributed by atoms with Crippen LogP contribution < -0.4 is 10.1 Å². The fourth-order valence-corrected chi connectivity index (χ4v) is 5.42. The maximum Gasteiger partial charge on any atom is 0.295 e. The van der Waals surface area contributed by atoms with Crippen molar-refractivity contribution >= 4 is 44.6 Å². The van der Waals surface area contributed by atoms with Crippen molar-refractivity contribution in [1.29, 1.82) is 0 Å². The molecule has 10 nitrogen and oxygen atoms in total. The monoisotopic (exact) mass is 544 g/mol. The van der Waals surface area contributed by atoms with Crippen molar-refractivity contribution in [2.45, 2.75) is 4.90 Å². The molecule has 38 heavy (non-hydrogen) atoms. The van der Waals surface area contributed by atoms with Crippen LogP contribution in [0.5, 0.6) is 0 Å². The summed E-state index contributed by atoms with van der Waals surface area (Å²) in [5, 5.41) is 22.6. The first kappa shape index (κ1) is 24.9. The van der Waals surface area contributed by atoms with Gasteiger partial charge in [0, 0.05) is 23.5 Å². The Hall–Kier alpha value is -4.81. The molecule has 0 radical (unpaired) electrons. The van der Waals surface area contributed by atoms with Crippen LogP contribution in [-0.4, -0.2) is 29.3 Å². The molecule has 0 bridgehead atoms. The number of thiophene rings is 1. The molecule has 0 spiro atoms. The van der Waals surface area contributed by atoms with Gasteiger partial charge in [-0.3, -0.25) is 20.3 Å². The molecule has 0 aliphatic heterocycles. The largest absolute Gasteiger partial charge is 0.295 e. The smallest absolute Gasteiger partial charge is 0.280 e. The zero-order chi connectivity index (χ0) is 26.5. The lowest BCUT2D eigenvalue weighted by Gasteiger charge is -2.09. The Morgan fingerprint density at radius 3 is 2.39 bits per heavy atom. The summed E-state index contributed by atoms with van der Waals surface area (Å²) in [7, 11) is -4.03. The minimum atomic E-state index is -4.03. The fraction of sp³-hybridized carbons (Fsp3) is 0. The van der Waals surface area contributed by atoms with Crippen LogP contribution in [0.1, 0.15) is 5.56 Å². The van der Waals surface area contributed by atoms with Gasteiger partial charge in [0.25, 0.3) is 15.7 Å². The van der Waals surface area contributed by atoms with Gasteiger partial charge in [-0.05, 0) is 47.8 Å². The number of anilines is 2. The molecule has 0 saturated heterocycles. The van der Waals surface area contributed by atoms with E-state index >= 15 is 0 Å². The van der Waals surface area contributed by atoms with E-state index in [0.29, 0.717) is 16.9 Å². The molecule has 0 unspecified atom stereocenters. The molecule has 190 valence electrons. The fourth-order valence-electron chi connectivity index (χ4n) is 3.62. The molecule has 5 rings (SSSR count). The summed E-state index contributed by atoms with van der Waals surface area (Å²) in [5.41, 5.74) is 4.89. The van der Waals surface area contributed by atoms with E-state index in [-0.39, 0.29) is 10.6 Å². The lowest BCUT2D eigenvalue weighted by molar-refractivity contribution is -0.384. The molecule has 0 aliphatic carbocycles. The van der Waals surface area contributed by atoms with Gasteiger partial charge in [-0.15, -0.1) is 11.3 Å². The number of aromatic nitrogens is 2. The predicted molar refractivity (Wildman–Crippen MR) is 148 cm³/mol. The molecule has 2 heterocycles. The first-order valence-corrected chi connectivity index (χ1v) is 13.6. The molecule has 0 aliphatic rings. The molecule has 0 fully saturated rings. The molecule has 0 amide bonds. The Labute approximate surface area is 222 Å². The molecule has 12 heteroatoms. The Morgan fingerprint density at radius 1 is 0.974 bits per heavy atom. The standard InChI is InChI=1S/C26H20N6O4S2/c33-32(34)24-16-22(38(35,36)30-20-8-3-1-4-9-20)13-14-23(24)28-27-17-19-18-31(21-10-5-2-6-11-21)29-26(19)25-12-7-15-37-25/h1-18,28,30H. The Balaban J connectivity index is 1.42. The highest BCUT2D eigenvalue weighted by atomic mass is 32.2. The number of nitro benzene ring substituents is 1. The number of rotatable bonds is 9. The van der Waals surface area contributed by atoms with Crippen molar-refractivity contribution in [3.8, 4) is 16.3 Å². The van der Waals surface area contributed by atoms with Crippen molar-refractivity contribution in [2.24, 2.45) is 5.10 Å². The Morgan fingerprint density at radius 2 is 1.71 bits per heavy atom. The van der Waals surface area contributed by atoms with Gasteiger partial charge < -0.3 is 0 Å².